The van der Waals surface area contributed by atoms with Crippen LogP contribution in [0.4, 0.5) is 0 Å². The number of aromatic nitrogens is 1. The zero-order valence-corrected chi connectivity index (χ0v) is 13.4. The summed E-state index contributed by atoms with van der Waals surface area (Å²) >= 11 is 5.06. The molecular weight excluding hydrogens is 296 g/mol. The molecule has 2 atom stereocenters. The normalized spacial score (nSPS) is 14.5. The Bertz CT molecular complexity index is 480. The van der Waals surface area contributed by atoms with Gasteiger partial charge in [-0.2, -0.15) is 23.1 Å². The van der Waals surface area contributed by atoms with Gasteiger partial charge in [-0.05, 0) is 24.6 Å². The van der Waals surface area contributed by atoms with Crippen LogP contribution in [0.5, 0.6) is 0 Å². The highest BCUT2D eigenvalue weighted by atomic mass is 32.2. The predicted molar refractivity (Wildman–Crippen MR) is 86.1 cm³/mol. The molecule has 6 heteroatoms. The molecule has 2 heterocycles. The van der Waals surface area contributed by atoms with Crippen molar-refractivity contribution in [2.45, 2.75) is 24.8 Å². The number of thiophene rings is 1. The van der Waals surface area contributed by atoms with Gasteiger partial charge in [0.25, 0.3) is 0 Å². The molecule has 2 aromatic heterocycles. The Hall–Kier alpha value is -0.400. The first kappa shape index (κ1) is 15.0. The lowest BCUT2D eigenvalue weighted by Gasteiger charge is -2.20. The molecule has 0 aromatic carbocycles. The van der Waals surface area contributed by atoms with E-state index in [2.05, 4.69) is 39.4 Å². The molecule has 0 spiro atoms. The van der Waals surface area contributed by atoms with E-state index in [1.807, 2.05) is 6.26 Å². The molecule has 104 valence electrons. The van der Waals surface area contributed by atoms with Crippen LogP contribution in [0.2, 0.25) is 0 Å². The maximum absolute atomic E-state index is 9.25. The molecule has 2 unspecified atom stereocenters. The monoisotopic (exact) mass is 314 g/mol. The summed E-state index contributed by atoms with van der Waals surface area (Å²) in [6, 6.07) is 2.37. The average Bonchev–Trinajstić information content (AvgIpc) is 3.08. The number of nitrogens with zero attached hydrogens (tertiary/aromatic N) is 1. The Morgan fingerprint density at radius 1 is 1.47 bits per heavy atom. The summed E-state index contributed by atoms with van der Waals surface area (Å²) in [5, 5.41) is 20.3. The van der Waals surface area contributed by atoms with Crippen LogP contribution in [0.25, 0.3) is 10.6 Å². The topological polar surface area (TPSA) is 45.1 Å². The van der Waals surface area contributed by atoms with Crippen LogP contribution in [0.15, 0.2) is 22.2 Å². The second-order valence-electron chi connectivity index (χ2n) is 4.28. The lowest BCUT2D eigenvalue weighted by atomic mass is 10.2. The fourth-order valence-corrected chi connectivity index (χ4v) is 3.93. The highest BCUT2D eigenvalue weighted by molar-refractivity contribution is 7.99. The molecule has 0 aliphatic rings. The summed E-state index contributed by atoms with van der Waals surface area (Å²) in [5.41, 5.74) is 2.27. The van der Waals surface area contributed by atoms with Crippen molar-refractivity contribution >= 4 is 34.4 Å². The molecule has 19 heavy (non-hydrogen) atoms. The van der Waals surface area contributed by atoms with Crippen LogP contribution in [0.3, 0.4) is 0 Å². The quantitative estimate of drug-likeness (QED) is 0.824. The van der Waals surface area contributed by atoms with Gasteiger partial charge in [-0.3, -0.25) is 0 Å². The van der Waals surface area contributed by atoms with Gasteiger partial charge in [0, 0.05) is 34.2 Å². The number of nitrogens with one attached hydrogen (secondary N) is 1. The van der Waals surface area contributed by atoms with E-state index in [0.717, 1.165) is 17.2 Å². The van der Waals surface area contributed by atoms with Crippen LogP contribution in [-0.2, 0) is 6.54 Å². The van der Waals surface area contributed by atoms with E-state index < -0.39 is 0 Å². The number of rotatable bonds is 7. The third kappa shape index (κ3) is 4.03. The first-order valence-corrected chi connectivity index (χ1v) is 9.19. The molecule has 2 aromatic rings. The third-order valence-electron chi connectivity index (χ3n) is 2.97. The lowest BCUT2D eigenvalue weighted by Crippen LogP contribution is -2.37. The SMILES string of the molecule is CSC(CO)C(C)NCc1csc(-c2ccsc2)n1. The van der Waals surface area contributed by atoms with Gasteiger partial charge >= 0.3 is 0 Å². The van der Waals surface area contributed by atoms with Crippen LogP contribution < -0.4 is 5.32 Å². The second kappa shape index (κ2) is 7.40. The van der Waals surface area contributed by atoms with Crippen molar-refractivity contribution in [2.24, 2.45) is 0 Å². The molecule has 0 aliphatic heterocycles. The summed E-state index contributed by atoms with van der Waals surface area (Å²) in [5.74, 6) is 0. The first-order valence-electron chi connectivity index (χ1n) is 6.08. The van der Waals surface area contributed by atoms with E-state index in [9.17, 15) is 5.11 Å². The van der Waals surface area contributed by atoms with E-state index in [1.54, 1.807) is 34.4 Å². The second-order valence-corrected chi connectivity index (χ2v) is 7.00. The van der Waals surface area contributed by atoms with Crippen molar-refractivity contribution in [3.63, 3.8) is 0 Å². The predicted octanol–water partition coefficient (Wildman–Crippen LogP) is 3.07. The average molecular weight is 315 g/mol. The van der Waals surface area contributed by atoms with E-state index in [0.29, 0.717) is 0 Å². The summed E-state index contributed by atoms with van der Waals surface area (Å²) in [4.78, 5) is 4.63. The van der Waals surface area contributed by atoms with Crippen molar-refractivity contribution in [2.75, 3.05) is 12.9 Å². The standard InChI is InChI=1S/C13H18N2OS3/c1-9(12(6-16)17-2)14-5-11-8-19-13(15-11)10-3-4-18-7-10/h3-4,7-9,12,14,16H,5-6H2,1-2H3. The third-order valence-corrected chi connectivity index (χ3v) is 5.75. The molecule has 3 nitrogen and oxygen atoms in total. The molecule has 0 bridgehead atoms. The molecular formula is C13H18N2OS3. The number of aliphatic hydroxyl groups is 1. The minimum atomic E-state index is 0.201. The molecule has 0 saturated heterocycles. The van der Waals surface area contributed by atoms with E-state index in [1.165, 1.54) is 5.56 Å². The van der Waals surface area contributed by atoms with Crippen molar-refractivity contribution < 1.29 is 5.11 Å². The van der Waals surface area contributed by atoms with Crippen molar-refractivity contribution in [3.05, 3.63) is 27.9 Å². The van der Waals surface area contributed by atoms with Crippen LogP contribution in [0.1, 0.15) is 12.6 Å². The molecule has 0 aliphatic carbocycles. The molecule has 0 amide bonds. The fraction of sp³-hybridized carbons (Fsp3) is 0.462. The van der Waals surface area contributed by atoms with E-state index in [-0.39, 0.29) is 17.9 Å². The van der Waals surface area contributed by atoms with Gasteiger partial charge in [0.05, 0.1) is 12.3 Å². The first-order chi connectivity index (χ1) is 9.24. The molecule has 0 radical (unpaired) electrons. The molecule has 2 rings (SSSR count). The van der Waals surface area contributed by atoms with Gasteiger partial charge < -0.3 is 10.4 Å². The number of thioether (sulfide) groups is 1. The van der Waals surface area contributed by atoms with Gasteiger partial charge in [0.15, 0.2) is 0 Å². The van der Waals surface area contributed by atoms with Gasteiger partial charge in [0.2, 0.25) is 0 Å². The lowest BCUT2D eigenvalue weighted by molar-refractivity contribution is 0.275. The number of thiazole rings is 1. The Kier molecular flexibility index (Phi) is 5.84. The van der Waals surface area contributed by atoms with Gasteiger partial charge in [-0.1, -0.05) is 0 Å². The van der Waals surface area contributed by atoms with Crippen molar-refractivity contribution in [1.82, 2.24) is 10.3 Å². The molecule has 2 N–H and O–H groups in total. The maximum atomic E-state index is 9.25. The Labute approximate surface area is 126 Å². The summed E-state index contributed by atoms with van der Waals surface area (Å²) in [6.45, 7) is 3.05. The van der Waals surface area contributed by atoms with Crippen LogP contribution in [0, 0.1) is 0 Å². The number of hydrogen-bond acceptors (Lipinski definition) is 6. The van der Waals surface area contributed by atoms with Crippen LogP contribution >= 0.6 is 34.4 Å². The van der Waals surface area contributed by atoms with Crippen molar-refractivity contribution in [1.29, 1.82) is 0 Å². The van der Waals surface area contributed by atoms with Gasteiger partial charge in [-0.15, -0.1) is 11.3 Å². The number of hydrogen-bond donors (Lipinski definition) is 2. The highest BCUT2D eigenvalue weighted by Crippen LogP contribution is 2.25. The fourth-order valence-electron chi connectivity index (χ4n) is 1.74. The van der Waals surface area contributed by atoms with E-state index >= 15 is 0 Å². The minimum absolute atomic E-state index is 0.201. The van der Waals surface area contributed by atoms with E-state index in [4.69, 9.17) is 0 Å². The largest absolute Gasteiger partial charge is 0.395 e. The Morgan fingerprint density at radius 2 is 2.32 bits per heavy atom. The van der Waals surface area contributed by atoms with Crippen LogP contribution in [-0.4, -0.2) is 34.2 Å². The summed E-state index contributed by atoms with van der Waals surface area (Å²) in [7, 11) is 0. The molecule has 0 saturated carbocycles. The van der Waals surface area contributed by atoms with Gasteiger partial charge in [-0.25, -0.2) is 4.98 Å². The Balaban J connectivity index is 1.90. The Morgan fingerprint density at radius 3 is 2.95 bits per heavy atom. The minimum Gasteiger partial charge on any atom is -0.395 e. The van der Waals surface area contributed by atoms with Crippen molar-refractivity contribution in [3.8, 4) is 10.6 Å². The summed E-state index contributed by atoms with van der Waals surface area (Å²) < 4.78 is 0. The summed E-state index contributed by atoms with van der Waals surface area (Å²) in [6.07, 6.45) is 2.02. The number of aliphatic hydroxyl groups excluding tert-OH is 1. The smallest absolute Gasteiger partial charge is 0.124 e. The van der Waals surface area contributed by atoms with Gasteiger partial charge in [0.1, 0.15) is 5.01 Å². The zero-order chi connectivity index (χ0) is 13.7. The highest BCUT2D eigenvalue weighted by Gasteiger charge is 2.15. The zero-order valence-electron chi connectivity index (χ0n) is 11.0. The maximum Gasteiger partial charge on any atom is 0.124 e. The molecule has 0 fully saturated rings.